The molecule has 1 aromatic heterocycles. The highest BCUT2D eigenvalue weighted by atomic mass is 16.6. The van der Waals surface area contributed by atoms with Gasteiger partial charge in [0.05, 0.1) is 25.3 Å². The van der Waals surface area contributed by atoms with Crippen LogP contribution in [0.5, 0.6) is 23.0 Å². The summed E-state index contributed by atoms with van der Waals surface area (Å²) in [6, 6.07) is 7.44. The number of fused-ring (bicyclic) bond motifs is 1. The first-order valence-electron chi connectivity index (χ1n) is 8.31. The number of methoxy groups -OCH3 is 2. The number of carbonyl (C=O) groups is 2. The third-order valence-corrected chi connectivity index (χ3v) is 3.87. The van der Waals surface area contributed by atoms with Gasteiger partial charge in [0, 0.05) is 12.3 Å². The average molecular weight is 398 g/mol. The number of ether oxygens (including phenoxy) is 4. The van der Waals surface area contributed by atoms with Gasteiger partial charge >= 0.3 is 11.9 Å². The summed E-state index contributed by atoms with van der Waals surface area (Å²) in [6.07, 6.45) is 0. The van der Waals surface area contributed by atoms with E-state index in [1.807, 2.05) is 0 Å². The molecule has 0 bridgehead atoms. The minimum Gasteiger partial charge on any atom is -0.493 e. The zero-order valence-electron chi connectivity index (χ0n) is 15.9. The van der Waals surface area contributed by atoms with Gasteiger partial charge in [-0.2, -0.15) is 4.98 Å². The van der Waals surface area contributed by atoms with Crippen LogP contribution in [-0.4, -0.2) is 36.1 Å². The number of hydrogen-bond donors (Lipinski definition) is 2. The fourth-order valence-corrected chi connectivity index (χ4v) is 2.62. The van der Waals surface area contributed by atoms with Gasteiger partial charge in [0.2, 0.25) is 11.7 Å². The van der Waals surface area contributed by atoms with Gasteiger partial charge < -0.3 is 30.4 Å². The molecule has 29 heavy (non-hydrogen) atoms. The monoisotopic (exact) mass is 398 g/mol. The van der Waals surface area contributed by atoms with E-state index in [4.69, 9.17) is 30.4 Å². The van der Waals surface area contributed by atoms with E-state index in [0.717, 1.165) is 0 Å². The van der Waals surface area contributed by atoms with Crippen molar-refractivity contribution < 1.29 is 28.5 Å². The van der Waals surface area contributed by atoms with Crippen molar-refractivity contribution >= 4 is 34.6 Å². The lowest BCUT2D eigenvalue weighted by Gasteiger charge is -2.14. The topological polar surface area (TPSA) is 149 Å². The Morgan fingerprint density at radius 1 is 0.931 bits per heavy atom. The largest absolute Gasteiger partial charge is 0.493 e. The molecule has 10 nitrogen and oxygen atoms in total. The van der Waals surface area contributed by atoms with Crippen molar-refractivity contribution in [2.75, 3.05) is 25.7 Å². The van der Waals surface area contributed by atoms with Crippen molar-refractivity contribution in [3.63, 3.8) is 0 Å². The van der Waals surface area contributed by atoms with E-state index in [2.05, 4.69) is 9.97 Å². The molecule has 0 unspecified atom stereocenters. The highest BCUT2D eigenvalue weighted by molar-refractivity contribution is 5.94. The summed E-state index contributed by atoms with van der Waals surface area (Å²) in [7, 11) is 2.74. The summed E-state index contributed by atoms with van der Waals surface area (Å²) in [5, 5.41) is 0.491. The minimum absolute atomic E-state index is 0.0480. The maximum atomic E-state index is 12.6. The molecule has 0 saturated carbocycles. The van der Waals surface area contributed by atoms with Gasteiger partial charge in [0.25, 0.3) is 0 Å². The van der Waals surface area contributed by atoms with E-state index >= 15 is 0 Å². The molecule has 0 saturated heterocycles. The molecule has 150 valence electrons. The van der Waals surface area contributed by atoms with Crippen molar-refractivity contribution in [2.24, 2.45) is 0 Å². The highest BCUT2D eigenvalue weighted by Gasteiger charge is 2.20. The quantitative estimate of drug-likeness (QED) is 0.482. The fourth-order valence-electron chi connectivity index (χ4n) is 2.62. The van der Waals surface area contributed by atoms with Crippen LogP contribution in [0.2, 0.25) is 0 Å². The highest BCUT2D eigenvalue weighted by Crippen LogP contribution is 2.39. The summed E-state index contributed by atoms with van der Waals surface area (Å²) in [6.45, 7) is 1.24. The summed E-state index contributed by atoms with van der Waals surface area (Å²) in [5.41, 5.74) is 12.1. The van der Waals surface area contributed by atoms with E-state index in [9.17, 15) is 9.59 Å². The SMILES string of the molecule is COc1cc(C(=O)Oc2ccc3nc(N)nc(N)c3c2)cc(OC)c1OC(C)=O. The van der Waals surface area contributed by atoms with E-state index in [-0.39, 0.29) is 40.3 Å². The Balaban J connectivity index is 1.94. The molecule has 2 aromatic carbocycles. The van der Waals surface area contributed by atoms with Gasteiger partial charge in [-0.25, -0.2) is 9.78 Å². The van der Waals surface area contributed by atoms with Crippen molar-refractivity contribution in [1.29, 1.82) is 0 Å². The number of esters is 2. The van der Waals surface area contributed by atoms with Crippen molar-refractivity contribution in [3.8, 4) is 23.0 Å². The predicted molar refractivity (Wildman–Crippen MR) is 104 cm³/mol. The Hall–Kier alpha value is -4.08. The number of nitrogens with two attached hydrogens (primary N) is 2. The van der Waals surface area contributed by atoms with Crippen molar-refractivity contribution in [1.82, 2.24) is 9.97 Å². The summed E-state index contributed by atoms with van der Waals surface area (Å²) < 4.78 is 20.9. The smallest absolute Gasteiger partial charge is 0.343 e. The van der Waals surface area contributed by atoms with Crippen molar-refractivity contribution in [3.05, 3.63) is 35.9 Å². The number of nitrogens with zero attached hydrogens (tertiary/aromatic N) is 2. The number of rotatable bonds is 5. The molecule has 0 spiro atoms. The number of benzene rings is 2. The molecule has 0 aliphatic heterocycles. The van der Waals surface area contributed by atoms with Crippen LogP contribution in [0, 0.1) is 0 Å². The maximum Gasteiger partial charge on any atom is 0.343 e. The van der Waals surface area contributed by atoms with Gasteiger partial charge in [0.15, 0.2) is 11.5 Å². The van der Waals surface area contributed by atoms with Crippen LogP contribution in [0.25, 0.3) is 10.9 Å². The second-order valence-electron chi connectivity index (χ2n) is 5.84. The van der Waals surface area contributed by atoms with Gasteiger partial charge in [-0.1, -0.05) is 0 Å². The Morgan fingerprint density at radius 2 is 1.59 bits per heavy atom. The van der Waals surface area contributed by atoms with E-state index in [0.29, 0.717) is 10.9 Å². The lowest BCUT2D eigenvalue weighted by atomic mass is 10.1. The van der Waals surface area contributed by atoms with Crippen LogP contribution < -0.4 is 30.4 Å². The van der Waals surface area contributed by atoms with Crippen LogP contribution in [-0.2, 0) is 4.79 Å². The lowest BCUT2D eigenvalue weighted by Crippen LogP contribution is -2.11. The normalized spacial score (nSPS) is 10.4. The second-order valence-corrected chi connectivity index (χ2v) is 5.84. The third kappa shape index (κ3) is 4.10. The van der Waals surface area contributed by atoms with Crippen molar-refractivity contribution in [2.45, 2.75) is 6.92 Å². The molecule has 0 atom stereocenters. The van der Waals surface area contributed by atoms with Gasteiger partial charge in [-0.3, -0.25) is 4.79 Å². The van der Waals surface area contributed by atoms with Crippen LogP contribution in [0.4, 0.5) is 11.8 Å². The summed E-state index contributed by atoms with van der Waals surface area (Å²) in [5.74, 6) is -0.474. The zero-order chi connectivity index (χ0) is 21.1. The molecule has 3 rings (SSSR count). The molecule has 4 N–H and O–H groups in total. The number of carbonyl (C=O) groups excluding carboxylic acids is 2. The molecular weight excluding hydrogens is 380 g/mol. The first-order chi connectivity index (χ1) is 13.8. The van der Waals surface area contributed by atoms with Gasteiger partial charge in [-0.05, 0) is 30.3 Å². The molecule has 1 heterocycles. The number of anilines is 2. The summed E-state index contributed by atoms with van der Waals surface area (Å²) in [4.78, 5) is 31.9. The zero-order valence-corrected chi connectivity index (χ0v) is 15.9. The molecule has 0 aliphatic rings. The number of nitrogen functional groups attached to an aromatic ring is 2. The Labute approximate surface area is 165 Å². The van der Waals surface area contributed by atoms with Crippen LogP contribution in [0.3, 0.4) is 0 Å². The molecule has 0 radical (unpaired) electrons. The molecule has 3 aromatic rings. The van der Waals surface area contributed by atoms with E-state index in [1.54, 1.807) is 12.1 Å². The minimum atomic E-state index is -0.690. The average Bonchev–Trinajstić information content (AvgIpc) is 2.68. The third-order valence-electron chi connectivity index (χ3n) is 3.87. The lowest BCUT2D eigenvalue weighted by molar-refractivity contribution is -0.132. The Bertz CT molecular complexity index is 1090. The van der Waals surface area contributed by atoms with Crippen LogP contribution in [0.1, 0.15) is 17.3 Å². The van der Waals surface area contributed by atoms with E-state index < -0.39 is 11.9 Å². The van der Waals surface area contributed by atoms with Crippen LogP contribution in [0.15, 0.2) is 30.3 Å². The standard InChI is InChI=1S/C19H18N4O6/c1-9(24)28-16-14(26-2)6-10(7-15(16)27-3)18(25)29-11-4-5-13-12(8-11)17(20)23-19(21)22-13/h4-8H,1-3H3,(H4,20,21,22,23). The Kier molecular flexibility index (Phi) is 5.35. The maximum absolute atomic E-state index is 12.6. The second kappa shape index (κ2) is 7.89. The number of hydrogen-bond acceptors (Lipinski definition) is 10. The molecule has 0 fully saturated rings. The Morgan fingerprint density at radius 3 is 2.17 bits per heavy atom. The number of aromatic nitrogens is 2. The first-order valence-corrected chi connectivity index (χ1v) is 8.31. The van der Waals surface area contributed by atoms with Gasteiger partial charge in [0.1, 0.15) is 11.6 Å². The fraction of sp³-hybridized carbons (Fsp3) is 0.158. The van der Waals surface area contributed by atoms with Crippen LogP contribution >= 0.6 is 0 Å². The molecule has 10 heteroatoms. The summed E-state index contributed by atoms with van der Waals surface area (Å²) >= 11 is 0. The van der Waals surface area contributed by atoms with Gasteiger partial charge in [-0.15, -0.1) is 0 Å². The first kappa shape index (κ1) is 19.7. The molecule has 0 aliphatic carbocycles. The molecule has 0 amide bonds. The van der Waals surface area contributed by atoms with E-state index in [1.165, 1.54) is 39.3 Å². The predicted octanol–water partition coefficient (Wildman–Crippen LogP) is 1.96. The molecular formula is C19H18N4O6.